The van der Waals surface area contributed by atoms with Crippen molar-refractivity contribution < 1.29 is 4.79 Å². The molecule has 0 amide bonds. The molecule has 18 heavy (non-hydrogen) atoms. The molecule has 6 heteroatoms. The Morgan fingerprint density at radius 3 is 2.78 bits per heavy atom. The van der Waals surface area contributed by atoms with Gasteiger partial charge in [-0.3, -0.25) is 9.48 Å². The molecule has 1 aromatic carbocycles. The summed E-state index contributed by atoms with van der Waals surface area (Å²) in [5.74, 6) is -0.115. The highest BCUT2D eigenvalue weighted by atomic mass is 79.9. The van der Waals surface area contributed by atoms with Gasteiger partial charge in [0.2, 0.25) is 5.78 Å². The number of aromatic nitrogens is 2. The SMILES string of the molecule is CCn1ncc(Br)c1C(=O)c1cc(Cl)ccc1Br. The van der Waals surface area contributed by atoms with Gasteiger partial charge in [-0.05, 0) is 41.1 Å². The minimum atomic E-state index is -0.115. The molecule has 0 aliphatic heterocycles. The lowest BCUT2D eigenvalue weighted by Crippen LogP contribution is -2.11. The van der Waals surface area contributed by atoms with Crippen LogP contribution in [-0.2, 0) is 6.54 Å². The molecule has 2 rings (SSSR count). The highest BCUT2D eigenvalue weighted by Crippen LogP contribution is 2.26. The van der Waals surface area contributed by atoms with Crippen LogP contribution in [-0.4, -0.2) is 15.6 Å². The highest BCUT2D eigenvalue weighted by Gasteiger charge is 2.20. The quantitative estimate of drug-likeness (QED) is 0.730. The molecule has 0 N–H and O–H groups in total. The van der Waals surface area contributed by atoms with Gasteiger partial charge in [0.1, 0.15) is 5.69 Å². The number of ketones is 1. The van der Waals surface area contributed by atoms with E-state index in [4.69, 9.17) is 11.6 Å². The Bertz CT molecular complexity index is 610. The normalized spacial score (nSPS) is 10.7. The first-order valence-corrected chi connectivity index (χ1v) is 7.22. The van der Waals surface area contributed by atoms with Crippen molar-refractivity contribution in [3.63, 3.8) is 0 Å². The molecule has 0 atom stereocenters. The standard InChI is InChI=1S/C12H9Br2ClN2O/c1-2-17-11(10(14)6-16-17)12(18)8-5-7(15)3-4-9(8)13/h3-6H,2H2,1H3. The third-order valence-corrected chi connectivity index (χ3v) is 3.99. The van der Waals surface area contributed by atoms with Gasteiger partial charge in [-0.1, -0.05) is 27.5 Å². The van der Waals surface area contributed by atoms with Crippen molar-refractivity contribution in [1.29, 1.82) is 0 Å². The van der Waals surface area contributed by atoms with Gasteiger partial charge in [-0.25, -0.2) is 0 Å². The maximum absolute atomic E-state index is 12.5. The molecule has 0 bridgehead atoms. The number of hydrogen-bond acceptors (Lipinski definition) is 2. The molecule has 0 radical (unpaired) electrons. The number of hydrogen-bond donors (Lipinski definition) is 0. The van der Waals surface area contributed by atoms with E-state index in [0.717, 1.165) is 0 Å². The Morgan fingerprint density at radius 2 is 2.11 bits per heavy atom. The van der Waals surface area contributed by atoms with Crippen molar-refractivity contribution in [2.24, 2.45) is 0 Å². The molecule has 3 nitrogen and oxygen atoms in total. The van der Waals surface area contributed by atoms with E-state index in [1.807, 2.05) is 6.92 Å². The van der Waals surface area contributed by atoms with Gasteiger partial charge < -0.3 is 0 Å². The fraction of sp³-hybridized carbons (Fsp3) is 0.167. The summed E-state index contributed by atoms with van der Waals surface area (Å²) in [6.07, 6.45) is 1.62. The molecule has 0 aliphatic rings. The second kappa shape index (κ2) is 5.55. The fourth-order valence-corrected chi connectivity index (χ4v) is 2.70. The molecule has 0 spiro atoms. The molecule has 1 heterocycles. The average Bonchev–Trinajstić information content (AvgIpc) is 2.72. The van der Waals surface area contributed by atoms with Crippen LogP contribution in [0.3, 0.4) is 0 Å². The zero-order chi connectivity index (χ0) is 13.3. The van der Waals surface area contributed by atoms with Crippen molar-refractivity contribution in [2.75, 3.05) is 0 Å². The number of halogens is 3. The Labute approximate surface area is 126 Å². The zero-order valence-electron chi connectivity index (χ0n) is 9.45. The summed E-state index contributed by atoms with van der Waals surface area (Å²) in [5, 5.41) is 4.66. The second-order valence-corrected chi connectivity index (χ2v) is 5.76. The predicted octanol–water partition coefficient (Wildman–Crippen LogP) is 4.31. The summed E-state index contributed by atoms with van der Waals surface area (Å²) < 4.78 is 3.05. The highest BCUT2D eigenvalue weighted by molar-refractivity contribution is 9.10. The Hall–Kier alpha value is -0.650. The van der Waals surface area contributed by atoms with Gasteiger partial charge >= 0.3 is 0 Å². The van der Waals surface area contributed by atoms with Gasteiger partial charge in [-0.15, -0.1) is 0 Å². The molecule has 2 aromatic rings. The number of aryl methyl sites for hydroxylation is 1. The number of benzene rings is 1. The summed E-state index contributed by atoms with van der Waals surface area (Å²) in [6.45, 7) is 2.56. The summed E-state index contributed by atoms with van der Waals surface area (Å²) in [5.41, 5.74) is 1.05. The number of carbonyl (C=O) groups excluding carboxylic acids is 1. The van der Waals surface area contributed by atoms with Gasteiger partial charge in [0.25, 0.3) is 0 Å². The molecular formula is C12H9Br2ClN2O. The molecule has 94 valence electrons. The Kier molecular flexibility index (Phi) is 4.25. The topological polar surface area (TPSA) is 34.9 Å². The third-order valence-electron chi connectivity index (χ3n) is 2.48. The van der Waals surface area contributed by atoms with E-state index < -0.39 is 0 Å². The maximum atomic E-state index is 12.5. The molecule has 0 fully saturated rings. The lowest BCUT2D eigenvalue weighted by Gasteiger charge is -2.07. The third kappa shape index (κ3) is 2.53. The Morgan fingerprint density at radius 1 is 1.39 bits per heavy atom. The smallest absolute Gasteiger partial charge is 0.213 e. The number of nitrogens with zero attached hydrogens (tertiary/aromatic N) is 2. The lowest BCUT2D eigenvalue weighted by molar-refractivity contribution is 0.102. The molecule has 0 aliphatic carbocycles. The zero-order valence-corrected chi connectivity index (χ0v) is 13.4. The van der Waals surface area contributed by atoms with E-state index in [9.17, 15) is 4.79 Å². The first-order valence-electron chi connectivity index (χ1n) is 5.25. The molecule has 1 aromatic heterocycles. The summed E-state index contributed by atoms with van der Waals surface area (Å²) in [4.78, 5) is 12.5. The monoisotopic (exact) mass is 390 g/mol. The van der Waals surface area contributed by atoms with Crippen LogP contribution in [0, 0.1) is 0 Å². The van der Waals surface area contributed by atoms with E-state index >= 15 is 0 Å². The largest absolute Gasteiger partial charge is 0.287 e. The van der Waals surface area contributed by atoms with Crippen LogP contribution in [0.2, 0.25) is 5.02 Å². The van der Waals surface area contributed by atoms with Crippen LogP contribution < -0.4 is 0 Å². The first kappa shape index (κ1) is 13.8. The summed E-state index contributed by atoms with van der Waals surface area (Å²) >= 11 is 12.6. The molecular weight excluding hydrogens is 383 g/mol. The lowest BCUT2D eigenvalue weighted by atomic mass is 10.1. The molecule has 0 saturated heterocycles. The van der Waals surface area contributed by atoms with Crippen LogP contribution in [0.15, 0.2) is 33.3 Å². The molecule has 0 saturated carbocycles. The van der Waals surface area contributed by atoms with Crippen LogP contribution in [0.1, 0.15) is 23.0 Å². The predicted molar refractivity (Wildman–Crippen MR) is 78.2 cm³/mol. The average molecular weight is 392 g/mol. The van der Waals surface area contributed by atoms with Crippen molar-refractivity contribution in [2.45, 2.75) is 13.5 Å². The van der Waals surface area contributed by atoms with Crippen molar-refractivity contribution >= 4 is 49.2 Å². The van der Waals surface area contributed by atoms with Crippen LogP contribution in [0.25, 0.3) is 0 Å². The first-order chi connectivity index (χ1) is 8.54. The van der Waals surface area contributed by atoms with Crippen LogP contribution in [0.5, 0.6) is 0 Å². The van der Waals surface area contributed by atoms with E-state index in [2.05, 4.69) is 37.0 Å². The summed E-state index contributed by atoms with van der Waals surface area (Å²) in [6, 6.07) is 5.14. The van der Waals surface area contributed by atoms with Gasteiger partial charge in [0.15, 0.2) is 0 Å². The fourth-order valence-electron chi connectivity index (χ4n) is 1.63. The van der Waals surface area contributed by atoms with Crippen molar-refractivity contribution in [3.8, 4) is 0 Å². The Balaban J connectivity index is 2.54. The minimum absolute atomic E-state index is 0.115. The summed E-state index contributed by atoms with van der Waals surface area (Å²) in [7, 11) is 0. The van der Waals surface area contributed by atoms with Crippen molar-refractivity contribution in [3.05, 3.63) is 49.6 Å². The second-order valence-electron chi connectivity index (χ2n) is 3.61. The van der Waals surface area contributed by atoms with Crippen LogP contribution >= 0.6 is 43.5 Å². The number of carbonyl (C=O) groups is 1. The van der Waals surface area contributed by atoms with Crippen molar-refractivity contribution in [1.82, 2.24) is 9.78 Å². The maximum Gasteiger partial charge on any atom is 0.213 e. The van der Waals surface area contributed by atoms with Gasteiger partial charge in [0, 0.05) is 21.6 Å². The van der Waals surface area contributed by atoms with Crippen LogP contribution in [0.4, 0.5) is 0 Å². The van der Waals surface area contributed by atoms with E-state index in [0.29, 0.717) is 31.8 Å². The molecule has 0 unspecified atom stereocenters. The van der Waals surface area contributed by atoms with E-state index in [1.54, 1.807) is 29.1 Å². The minimum Gasteiger partial charge on any atom is -0.287 e. The van der Waals surface area contributed by atoms with Gasteiger partial charge in [0.05, 0.1) is 10.7 Å². The van der Waals surface area contributed by atoms with E-state index in [1.165, 1.54) is 0 Å². The van der Waals surface area contributed by atoms with Gasteiger partial charge in [-0.2, -0.15) is 5.10 Å². The van der Waals surface area contributed by atoms with E-state index in [-0.39, 0.29) is 5.78 Å². The number of rotatable bonds is 3.